The molecule has 0 saturated heterocycles. The predicted octanol–water partition coefficient (Wildman–Crippen LogP) is 3.79. The monoisotopic (exact) mass is 295 g/mol. The molecule has 0 aromatic heterocycles. The zero-order valence-electron chi connectivity index (χ0n) is 12.6. The highest BCUT2D eigenvalue weighted by Crippen LogP contribution is 2.35. The second-order valence-corrected chi connectivity index (χ2v) is 5.34. The van der Waals surface area contributed by atoms with Gasteiger partial charge in [0.25, 0.3) is 0 Å². The summed E-state index contributed by atoms with van der Waals surface area (Å²) in [5, 5.41) is 4.02. The van der Waals surface area contributed by atoms with E-state index in [0.717, 1.165) is 28.2 Å². The molecule has 0 amide bonds. The van der Waals surface area contributed by atoms with Crippen LogP contribution in [0.25, 0.3) is 0 Å². The average Bonchev–Trinajstić information content (AvgIpc) is 2.52. The van der Waals surface area contributed by atoms with Crippen LogP contribution in [0.15, 0.2) is 53.7 Å². The first-order valence-electron chi connectivity index (χ1n) is 7.20. The Balaban J connectivity index is 2.00. The second-order valence-electron chi connectivity index (χ2n) is 5.34. The van der Waals surface area contributed by atoms with Crippen molar-refractivity contribution in [3.05, 3.63) is 65.2 Å². The van der Waals surface area contributed by atoms with Gasteiger partial charge in [-0.25, -0.2) is 4.79 Å². The van der Waals surface area contributed by atoms with Gasteiger partial charge in [-0.05, 0) is 30.2 Å². The normalized spacial score (nSPS) is 18.5. The van der Waals surface area contributed by atoms with Crippen molar-refractivity contribution >= 4 is 11.7 Å². The highest BCUT2D eigenvalue weighted by Gasteiger charge is 2.27. The zero-order chi connectivity index (χ0) is 15.5. The summed E-state index contributed by atoms with van der Waals surface area (Å²) in [6, 6.07) is 15.9. The van der Waals surface area contributed by atoms with Gasteiger partial charge in [-0.2, -0.15) is 0 Å². The summed E-state index contributed by atoms with van der Waals surface area (Å²) in [5.74, 6) is 0.343. The molecule has 1 aliphatic heterocycles. The minimum atomic E-state index is -0.427. The lowest BCUT2D eigenvalue weighted by Crippen LogP contribution is -2.21. The molecular weight excluding hydrogens is 278 g/mol. The van der Waals surface area contributed by atoms with Crippen LogP contribution in [0.5, 0.6) is 5.75 Å². The van der Waals surface area contributed by atoms with Crippen molar-refractivity contribution in [1.82, 2.24) is 0 Å². The summed E-state index contributed by atoms with van der Waals surface area (Å²) in [4.78, 5) is 15.9. The molecule has 1 aliphatic rings. The zero-order valence-corrected chi connectivity index (χ0v) is 12.6. The van der Waals surface area contributed by atoms with Crippen LogP contribution in [0.4, 0.5) is 0 Å². The van der Waals surface area contributed by atoms with Gasteiger partial charge < -0.3 is 9.57 Å². The first kappa shape index (κ1) is 14.3. The molecule has 1 unspecified atom stereocenters. The minimum Gasteiger partial charge on any atom is -0.485 e. The van der Waals surface area contributed by atoms with Crippen molar-refractivity contribution in [2.75, 3.05) is 0 Å². The summed E-state index contributed by atoms with van der Waals surface area (Å²) < 4.78 is 6.11. The fourth-order valence-corrected chi connectivity index (χ4v) is 2.51. The molecule has 4 nitrogen and oxygen atoms in total. The number of ether oxygens (including phenoxy) is 1. The Morgan fingerprint density at radius 2 is 2.00 bits per heavy atom. The van der Waals surface area contributed by atoms with E-state index in [9.17, 15) is 4.79 Å². The summed E-state index contributed by atoms with van der Waals surface area (Å²) >= 11 is 0. The van der Waals surface area contributed by atoms with Crippen molar-refractivity contribution in [3.63, 3.8) is 0 Å². The van der Waals surface area contributed by atoms with Crippen LogP contribution in [0, 0.1) is 6.92 Å². The highest BCUT2D eigenvalue weighted by atomic mass is 16.7. The van der Waals surface area contributed by atoms with Gasteiger partial charge in [-0.15, -0.1) is 0 Å². The summed E-state index contributed by atoms with van der Waals surface area (Å²) in [6.07, 6.45) is 0.428. The fraction of sp³-hybridized carbons (Fsp3) is 0.222. The Labute approximate surface area is 129 Å². The van der Waals surface area contributed by atoms with Crippen molar-refractivity contribution in [1.29, 1.82) is 0 Å². The molecule has 0 radical (unpaired) electrons. The van der Waals surface area contributed by atoms with E-state index in [4.69, 9.17) is 9.57 Å². The maximum atomic E-state index is 11.0. The Hall–Kier alpha value is -2.62. The summed E-state index contributed by atoms with van der Waals surface area (Å²) in [7, 11) is 0. The molecular formula is C18H17NO3. The van der Waals surface area contributed by atoms with Gasteiger partial charge in [0.2, 0.25) is 0 Å². The predicted molar refractivity (Wildman–Crippen MR) is 83.9 cm³/mol. The van der Waals surface area contributed by atoms with E-state index in [2.05, 4.69) is 5.16 Å². The average molecular weight is 295 g/mol. The third-order valence-corrected chi connectivity index (χ3v) is 3.55. The SMILES string of the molecule is CC(=O)O/N=C1/CC(c2ccccc2)Oc2cc(C)ccc21. The van der Waals surface area contributed by atoms with E-state index in [1.54, 1.807) is 0 Å². The van der Waals surface area contributed by atoms with Crippen LogP contribution < -0.4 is 4.74 Å². The molecule has 0 spiro atoms. The van der Waals surface area contributed by atoms with Crippen LogP contribution in [0.2, 0.25) is 0 Å². The Bertz CT molecular complexity index is 722. The van der Waals surface area contributed by atoms with Gasteiger partial charge in [-0.3, -0.25) is 0 Å². The Morgan fingerprint density at radius 3 is 2.73 bits per heavy atom. The number of benzene rings is 2. The summed E-state index contributed by atoms with van der Waals surface area (Å²) in [6.45, 7) is 3.35. The minimum absolute atomic E-state index is 0.134. The molecule has 0 aliphatic carbocycles. The number of nitrogens with zero attached hydrogens (tertiary/aromatic N) is 1. The fourth-order valence-electron chi connectivity index (χ4n) is 2.51. The van der Waals surface area contributed by atoms with Crippen LogP contribution in [0.1, 0.15) is 36.1 Å². The first-order chi connectivity index (χ1) is 10.6. The standard InChI is InChI=1S/C18H17NO3/c1-12-8-9-15-16(19-22-13(2)20)11-17(21-18(15)10-12)14-6-4-3-5-7-14/h3-10,17H,11H2,1-2H3/b19-16-. The number of aryl methyl sites for hydroxylation is 1. The molecule has 0 N–H and O–H groups in total. The number of carbonyl (C=O) groups excluding carboxylic acids is 1. The van der Waals surface area contributed by atoms with E-state index in [1.807, 2.05) is 55.5 Å². The van der Waals surface area contributed by atoms with E-state index in [0.29, 0.717) is 6.42 Å². The number of oxime groups is 1. The maximum absolute atomic E-state index is 11.0. The van der Waals surface area contributed by atoms with E-state index < -0.39 is 5.97 Å². The second kappa shape index (κ2) is 6.02. The molecule has 0 saturated carbocycles. The van der Waals surface area contributed by atoms with E-state index in [-0.39, 0.29) is 6.10 Å². The van der Waals surface area contributed by atoms with Crippen LogP contribution in [0.3, 0.4) is 0 Å². The number of carbonyl (C=O) groups is 1. The van der Waals surface area contributed by atoms with Crippen LogP contribution in [-0.2, 0) is 9.63 Å². The lowest BCUT2D eigenvalue weighted by atomic mass is 9.95. The molecule has 2 aromatic rings. The topological polar surface area (TPSA) is 47.9 Å². The number of rotatable bonds is 2. The van der Waals surface area contributed by atoms with Gasteiger partial charge in [0, 0.05) is 18.9 Å². The van der Waals surface area contributed by atoms with Gasteiger partial charge in [-0.1, -0.05) is 41.6 Å². The quantitative estimate of drug-likeness (QED) is 0.625. The molecule has 3 rings (SSSR count). The molecule has 112 valence electrons. The Morgan fingerprint density at radius 1 is 1.23 bits per heavy atom. The molecule has 0 bridgehead atoms. The molecule has 4 heteroatoms. The smallest absolute Gasteiger partial charge is 0.331 e. The number of fused-ring (bicyclic) bond motifs is 1. The molecule has 1 heterocycles. The molecule has 22 heavy (non-hydrogen) atoms. The molecule has 0 fully saturated rings. The molecule has 1 atom stereocenters. The van der Waals surface area contributed by atoms with Gasteiger partial charge in [0.1, 0.15) is 11.9 Å². The van der Waals surface area contributed by atoms with Crippen LogP contribution in [-0.4, -0.2) is 11.7 Å². The Kier molecular flexibility index (Phi) is 3.92. The third-order valence-electron chi connectivity index (χ3n) is 3.55. The number of hydrogen-bond acceptors (Lipinski definition) is 4. The van der Waals surface area contributed by atoms with Gasteiger partial charge >= 0.3 is 5.97 Å². The lowest BCUT2D eigenvalue weighted by molar-refractivity contribution is -0.140. The third kappa shape index (κ3) is 3.01. The van der Waals surface area contributed by atoms with E-state index in [1.165, 1.54) is 6.92 Å². The van der Waals surface area contributed by atoms with E-state index >= 15 is 0 Å². The van der Waals surface area contributed by atoms with Gasteiger partial charge in [0.05, 0.1) is 5.71 Å². The summed E-state index contributed by atoms with van der Waals surface area (Å²) in [5.41, 5.74) is 3.79. The number of hydrogen-bond donors (Lipinski definition) is 0. The van der Waals surface area contributed by atoms with Crippen molar-refractivity contribution in [3.8, 4) is 5.75 Å². The maximum Gasteiger partial charge on any atom is 0.331 e. The first-order valence-corrected chi connectivity index (χ1v) is 7.20. The lowest BCUT2D eigenvalue weighted by Gasteiger charge is -2.27. The van der Waals surface area contributed by atoms with Crippen molar-refractivity contribution < 1.29 is 14.4 Å². The van der Waals surface area contributed by atoms with Crippen LogP contribution >= 0.6 is 0 Å². The molecule has 2 aromatic carbocycles. The van der Waals surface area contributed by atoms with Gasteiger partial charge in [0.15, 0.2) is 0 Å². The largest absolute Gasteiger partial charge is 0.485 e. The highest BCUT2D eigenvalue weighted by molar-refractivity contribution is 6.04. The van der Waals surface area contributed by atoms with Crippen molar-refractivity contribution in [2.45, 2.75) is 26.4 Å². The van der Waals surface area contributed by atoms with Crippen molar-refractivity contribution in [2.24, 2.45) is 5.16 Å².